The lowest BCUT2D eigenvalue weighted by atomic mass is 9.78. The first-order valence-corrected chi connectivity index (χ1v) is 6.60. The van der Waals surface area contributed by atoms with E-state index in [-0.39, 0.29) is 0 Å². The molecule has 2 rings (SSSR count). The molecule has 0 atom stereocenters. The number of likely N-dealkylation sites (N-methyl/N-ethyl adjacent to an activating group) is 1. The van der Waals surface area contributed by atoms with E-state index >= 15 is 0 Å². The highest BCUT2D eigenvalue weighted by atomic mass is 16.4. The van der Waals surface area contributed by atoms with E-state index in [9.17, 15) is 9.90 Å². The molecule has 0 saturated heterocycles. The molecule has 0 unspecified atom stereocenters. The minimum absolute atomic E-state index is 0.548. The van der Waals surface area contributed by atoms with Crippen molar-refractivity contribution in [3.8, 4) is 0 Å². The zero-order valence-corrected chi connectivity index (χ0v) is 10.2. The van der Waals surface area contributed by atoms with E-state index in [4.69, 9.17) is 0 Å². The highest BCUT2D eigenvalue weighted by Crippen LogP contribution is 2.36. The molecule has 0 heterocycles. The second kappa shape index (κ2) is 4.74. The molecule has 0 radical (unpaired) electrons. The molecule has 3 heteroatoms. The molecule has 2 fully saturated rings. The van der Waals surface area contributed by atoms with Crippen LogP contribution in [0.2, 0.25) is 0 Å². The van der Waals surface area contributed by atoms with Gasteiger partial charge >= 0.3 is 5.97 Å². The fourth-order valence-corrected chi connectivity index (χ4v) is 3.13. The summed E-state index contributed by atoms with van der Waals surface area (Å²) in [6, 6.07) is 0. The first-order chi connectivity index (χ1) is 7.65. The molecule has 2 aliphatic carbocycles. The van der Waals surface area contributed by atoms with Crippen molar-refractivity contribution in [2.24, 2.45) is 5.92 Å². The summed E-state index contributed by atoms with van der Waals surface area (Å²) in [5.41, 5.74) is -0.548. The van der Waals surface area contributed by atoms with Crippen LogP contribution >= 0.6 is 0 Å². The normalized spacial score (nSPS) is 25.4. The van der Waals surface area contributed by atoms with E-state index in [0.29, 0.717) is 0 Å². The lowest BCUT2D eigenvalue weighted by Gasteiger charge is -2.43. The van der Waals surface area contributed by atoms with Crippen LogP contribution < -0.4 is 0 Å². The molecular weight excluding hydrogens is 202 g/mol. The van der Waals surface area contributed by atoms with E-state index in [2.05, 4.69) is 4.90 Å². The number of carboxylic acids is 1. The van der Waals surface area contributed by atoms with Crippen molar-refractivity contribution >= 4 is 5.97 Å². The third-order valence-electron chi connectivity index (χ3n) is 4.57. The molecule has 0 aromatic heterocycles. The molecule has 16 heavy (non-hydrogen) atoms. The molecule has 0 amide bonds. The average Bonchev–Trinajstić information content (AvgIpc) is 2.24. The molecule has 0 aromatic rings. The first kappa shape index (κ1) is 11.9. The van der Waals surface area contributed by atoms with Crippen molar-refractivity contribution in [1.29, 1.82) is 0 Å². The van der Waals surface area contributed by atoms with Crippen LogP contribution in [0.3, 0.4) is 0 Å². The van der Waals surface area contributed by atoms with Crippen LogP contribution in [0.15, 0.2) is 0 Å². The van der Waals surface area contributed by atoms with E-state index in [1.54, 1.807) is 0 Å². The van der Waals surface area contributed by atoms with Gasteiger partial charge in [0, 0.05) is 6.54 Å². The molecule has 1 N–H and O–H groups in total. The Morgan fingerprint density at radius 2 is 1.88 bits per heavy atom. The first-order valence-electron chi connectivity index (χ1n) is 6.60. The fraction of sp³-hybridized carbons (Fsp3) is 0.923. The molecule has 0 spiro atoms. The summed E-state index contributed by atoms with van der Waals surface area (Å²) < 4.78 is 0. The van der Waals surface area contributed by atoms with E-state index < -0.39 is 11.5 Å². The Hall–Kier alpha value is -0.570. The van der Waals surface area contributed by atoms with Crippen molar-refractivity contribution in [1.82, 2.24) is 4.90 Å². The predicted octanol–water partition coefficient (Wildman–Crippen LogP) is 2.51. The summed E-state index contributed by atoms with van der Waals surface area (Å²) in [4.78, 5) is 13.7. The van der Waals surface area contributed by atoms with Crippen molar-refractivity contribution in [2.45, 2.75) is 56.9 Å². The average molecular weight is 225 g/mol. The van der Waals surface area contributed by atoms with Crippen LogP contribution in [0.4, 0.5) is 0 Å². The van der Waals surface area contributed by atoms with Crippen LogP contribution in [0.25, 0.3) is 0 Å². The highest BCUT2D eigenvalue weighted by Gasteiger charge is 2.43. The van der Waals surface area contributed by atoms with Gasteiger partial charge in [-0.05, 0) is 38.6 Å². The van der Waals surface area contributed by atoms with Crippen molar-refractivity contribution < 1.29 is 9.90 Å². The van der Waals surface area contributed by atoms with Crippen LogP contribution in [0.5, 0.6) is 0 Å². The Morgan fingerprint density at radius 1 is 1.25 bits per heavy atom. The van der Waals surface area contributed by atoms with Gasteiger partial charge in [0.2, 0.25) is 0 Å². The second-order valence-corrected chi connectivity index (χ2v) is 5.57. The van der Waals surface area contributed by atoms with Gasteiger partial charge in [-0.25, -0.2) is 0 Å². The Labute approximate surface area is 97.8 Å². The van der Waals surface area contributed by atoms with Gasteiger partial charge in [0.15, 0.2) is 0 Å². The van der Waals surface area contributed by atoms with Gasteiger partial charge in [-0.1, -0.05) is 25.7 Å². The molecule has 2 aliphatic rings. The summed E-state index contributed by atoms with van der Waals surface area (Å²) in [5, 5.41) is 9.52. The lowest BCUT2D eigenvalue weighted by Crippen LogP contribution is -2.55. The largest absolute Gasteiger partial charge is 0.480 e. The number of carboxylic acid groups (broad SMARTS) is 1. The molecule has 0 bridgehead atoms. The van der Waals surface area contributed by atoms with E-state index in [1.165, 1.54) is 25.7 Å². The number of rotatable bonds is 4. The topological polar surface area (TPSA) is 40.5 Å². The van der Waals surface area contributed by atoms with E-state index in [1.807, 2.05) is 7.05 Å². The molecule has 3 nitrogen and oxygen atoms in total. The standard InChI is InChI=1S/C13H23NO2/c1-14(10-11-6-5-7-11)13(12(15)16)8-3-2-4-9-13/h11H,2-10H2,1H3,(H,15,16). The van der Waals surface area contributed by atoms with Gasteiger partial charge in [0.05, 0.1) is 0 Å². The predicted molar refractivity (Wildman–Crippen MR) is 63.4 cm³/mol. The number of aliphatic carboxylic acids is 1. The summed E-state index contributed by atoms with van der Waals surface area (Å²) in [7, 11) is 2.01. The SMILES string of the molecule is CN(CC1CCC1)C1(C(=O)O)CCCCC1. The Kier molecular flexibility index (Phi) is 3.53. The quantitative estimate of drug-likeness (QED) is 0.799. The van der Waals surface area contributed by atoms with Crippen molar-refractivity contribution in [3.63, 3.8) is 0 Å². The van der Waals surface area contributed by atoms with Gasteiger partial charge < -0.3 is 5.11 Å². The van der Waals surface area contributed by atoms with Crippen molar-refractivity contribution in [2.75, 3.05) is 13.6 Å². The zero-order valence-electron chi connectivity index (χ0n) is 10.2. The van der Waals surface area contributed by atoms with Crippen LogP contribution in [0.1, 0.15) is 51.4 Å². The van der Waals surface area contributed by atoms with Crippen LogP contribution in [-0.2, 0) is 4.79 Å². The molecule has 2 saturated carbocycles. The lowest BCUT2D eigenvalue weighted by molar-refractivity contribution is -0.154. The summed E-state index contributed by atoms with van der Waals surface area (Å²) in [6.07, 6.45) is 8.94. The monoisotopic (exact) mass is 225 g/mol. The Balaban J connectivity index is 2.01. The second-order valence-electron chi connectivity index (χ2n) is 5.57. The molecule has 0 aliphatic heterocycles. The maximum absolute atomic E-state index is 11.6. The third kappa shape index (κ3) is 2.10. The van der Waals surface area contributed by atoms with Crippen LogP contribution in [-0.4, -0.2) is 35.1 Å². The number of carbonyl (C=O) groups is 1. The fourth-order valence-electron chi connectivity index (χ4n) is 3.13. The van der Waals surface area contributed by atoms with Gasteiger partial charge in [0.25, 0.3) is 0 Å². The van der Waals surface area contributed by atoms with Gasteiger partial charge in [-0.3, -0.25) is 9.69 Å². The summed E-state index contributed by atoms with van der Waals surface area (Å²) in [6.45, 7) is 0.978. The van der Waals surface area contributed by atoms with E-state index in [0.717, 1.165) is 38.1 Å². The minimum atomic E-state index is -0.603. The molecule has 0 aromatic carbocycles. The summed E-state index contributed by atoms with van der Waals surface area (Å²) >= 11 is 0. The minimum Gasteiger partial charge on any atom is -0.480 e. The Bertz CT molecular complexity index is 255. The van der Waals surface area contributed by atoms with Gasteiger partial charge in [0.1, 0.15) is 5.54 Å². The number of hydrogen-bond donors (Lipinski definition) is 1. The van der Waals surface area contributed by atoms with Crippen LogP contribution in [0, 0.1) is 5.92 Å². The van der Waals surface area contributed by atoms with Crippen molar-refractivity contribution in [3.05, 3.63) is 0 Å². The smallest absolute Gasteiger partial charge is 0.324 e. The maximum Gasteiger partial charge on any atom is 0.324 e. The Morgan fingerprint density at radius 3 is 2.31 bits per heavy atom. The van der Waals surface area contributed by atoms with Gasteiger partial charge in [-0.15, -0.1) is 0 Å². The highest BCUT2D eigenvalue weighted by molar-refractivity contribution is 5.78. The zero-order chi connectivity index (χ0) is 11.6. The number of nitrogens with zero attached hydrogens (tertiary/aromatic N) is 1. The maximum atomic E-state index is 11.6. The third-order valence-corrected chi connectivity index (χ3v) is 4.57. The number of hydrogen-bond acceptors (Lipinski definition) is 2. The van der Waals surface area contributed by atoms with Gasteiger partial charge in [-0.2, -0.15) is 0 Å². The molecule has 92 valence electrons. The summed E-state index contributed by atoms with van der Waals surface area (Å²) in [5.74, 6) is 0.150. The molecular formula is C13H23NO2.